The van der Waals surface area contributed by atoms with Crippen LogP contribution in [0.25, 0.3) is 10.9 Å². The SMILES string of the molecule is COc1cc2[nH]c(C=O)c(C)c2cc1OC. The molecule has 16 heavy (non-hydrogen) atoms. The highest BCUT2D eigenvalue weighted by Gasteiger charge is 2.11. The molecule has 2 rings (SSSR count). The zero-order chi connectivity index (χ0) is 11.7. The van der Waals surface area contributed by atoms with Gasteiger partial charge in [0.25, 0.3) is 0 Å². The molecule has 4 nitrogen and oxygen atoms in total. The van der Waals surface area contributed by atoms with Gasteiger partial charge in [-0.25, -0.2) is 0 Å². The summed E-state index contributed by atoms with van der Waals surface area (Å²) in [6.45, 7) is 1.90. The third-order valence-corrected chi connectivity index (χ3v) is 2.72. The Morgan fingerprint density at radius 2 is 1.81 bits per heavy atom. The van der Waals surface area contributed by atoms with Crippen molar-refractivity contribution >= 4 is 17.2 Å². The van der Waals surface area contributed by atoms with Gasteiger partial charge in [-0.2, -0.15) is 0 Å². The number of carbonyl (C=O) groups excluding carboxylic acids is 1. The number of nitrogens with one attached hydrogen (secondary N) is 1. The predicted molar refractivity (Wildman–Crippen MR) is 61.5 cm³/mol. The van der Waals surface area contributed by atoms with Crippen molar-refractivity contribution in [1.29, 1.82) is 0 Å². The van der Waals surface area contributed by atoms with Crippen LogP contribution in [-0.4, -0.2) is 25.5 Å². The number of benzene rings is 1. The van der Waals surface area contributed by atoms with Gasteiger partial charge in [0, 0.05) is 11.5 Å². The van der Waals surface area contributed by atoms with Crippen LogP contribution in [0.2, 0.25) is 0 Å². The summed E-state index contributed by atoms with van der Waals surface area (Å²) in [6, 6.07) is 3.70. The van der Waals surface area contributed by atoms with Crippen molar-refractivity contribution in [2.75, 3.05) is 14.2 Å². The van der Waals surface area contributed by atoms with E-state index in [1.165, 1.54) is 0 Å². The Bertz CT molecular complexity index is 543. The van der Waals surface area contributed by atoms with E-state index in [4.69, 9.17) is 9.47 Å². The number of aromatic amines is 1. The number of carbonyl (C=O) groups is 1. The summed E-state index contributed by atoms with van der Waals surface area (Å²) in [5.41, 5.74) is 2.38. The molecular formula is C12H13NO3. The number of methoxy groups -OCH3 is 2. The van der Waals surface area contributed by atoms with Gasteiger partial charge >= 0.3 is 0 Å². The normalized spacial score (nSPS) is 10.4. The molecule has 0 aliphatic heterocycles. The van der Waals surface area contributed by atoms with E-state index < -0.39 is 0 Å². The fourth-order valence-corrected chi connectivity index (χ4v) is 1.79. The molecule has 0 aliphatic rings. The monoisotopic (exact) mass is 219 g/mol. The van der Waals surface area contributed by atoms with E-state index in [0.717, 1.165) is 22.8 Å². The van der Waals surface area contributed by atoms with Gasteiger partial charge in [0.1, 0.15) is 0 Å². The quantitative estimate of drug-likeness (QED) is 0.806. The molecule has 1 heterocycles. The maximum absolute atomic E-state index is 10.8. The third-order valence-electron chi connectivity index (χ3n) is 2.72. The zero-order valence-electron chi connectivity index (χ0n) is 9.46. The van der Waals surface area contributed by atoms with Crippen LogP contribution in [0.3, 0.4) is 0 Å². The average molecular weight is 219 g/mol. The number of aldehydes is 1. The van der Waals surface area contributed by atoms with Gasteiger partial charge in [0.2, 0.25) is 0 Å². The van der Waals surface area contributed by atoms with Crippen LogP contribution >= 0.6 is 0 Å². The summed E-state index contributed by atoms with van der Waals surface area (Å²) < 4.78 is 10.4. The number of rotatable bonds is 3. The lowest BCUT2D eigenvalue weighted by Crippen LogP contribution is -1.90. The Morgan fingerprint density at radius 1 is 1.19 bits per heavy atom. The Labute approximate surface area is 93.2 Å². The van der Waals surface area contributed by atoms with Crippen molar-refractivity contribution in [3.8, 4) is 11.5 Å². The average Bonchev–Trinajstić information content (AvgIpc) is 2.63. The summed E-state index contributed by atoms with van der Waals surface area (Å²) in [5.74, 6) is 1.31. The minimum absolute atomic E-state index is 0.588. The molecule has 0 fully saturated rings. The fourth-order valence-electron chi connectivity index (χ4n) is 1.79. The van der Waals surface area contributed by atoms with E-state index in [9.17, 15) is 4.79 Å². The van der Waals surface area contributed by atoms with Crippen molar-refractivity contribution in [2.45, 2.75) is 6.92 Å². The number of hydrogen-bond donors (Lipinski definition) is 1. The van der Waals surface area contributed by atoms with Crippen LogP contribution in [0.15, 0.2) is 12.1 Å². The van der Waals surface area contributed by atoms with Gasteiger partial charge in [0.05, 0.1) is 25.4 Å². The van der Waals surface area contributed by atoms with Crippen molar-refractivity contribution in [3.05, 3.63) is 23.4 Å². The lowest BCUT2D eigenvalue weighted by molar-refractivity contribution is 0.111. The number of aromatic nitrogens is 1. The maximum atomic E-state index is 10.8. The van der Waals surface area contributed by atoms with Gasteiger partial charge in [-0.3, -0.25) is 4.79 Å². The lowest BCUT2D eigenvalue weighted by Gasteiger charge is -2.07. The Kier molecular flexibility index (Phi) is 2.56. The van der Waals surface area contributed by atoms with Crippen LogP contribution in [0.5, 0.6) is 11.5 Å². The highest BCUT2D eigenvalue weighted by Crippen LogP contribution is 2.33. The Balaban J connectivity index is 2.75. The highest BCUT2D eigenvalue weighted by molar-refractivity contribution is 5.93. The second kappa shape index (κ2) is 3.89. The van der Waals surface area contributed by atoms with Crippen molar-refractivity contribution < 1.29 is 14.3 Å². The predicted octanol–water partition coefficient (Wildman–Crippen LogP) is 2.31. The number of aryl methyl sites for hydroxylation is 1. The molecular weight excluding hydrogens is 206 g/mol. The smallest absolute Gasteiger partial charge is 0.166 e. The number of fused-ring (bicyclic) bond motifs is 1. The third kappa shape index (κ3) is 1.43. The van der Waals surface area contributed by atoms with Crippen LogP contribution in [0.1, 0.15) is 16.1 Å². The summed E-state index contributed by atoms with van der Waals surface area (Å²) in [5, 5.41) is 0.972. The van der Waals surface area contributed by atoms with E-state index in [2.05, 4.69) is 4.98 Å². The van der Waals surface area contributed by atoms with Crippen molar-refractivity contribution in [3.63, 3.8) is 0 Å². The highest BCUT2D eigenvalue weighted by atomic mass is 16.5. The van der Waals surface area contributed by atoms with Gasteiger partial charge in [-0.15, -0.1) is 0 Å². The first kappa shape index (κ1) is 10.5. The summed E-state index contributed by atoms with van der Waals surface area (Å²) >= 11 is 0. The van der Waals surface area contributed by atoms with E-state index in [1.807, 2.05) is 19.1 Å². The molecule has 0 bridgehead atoms. The Morgan fingerprint density at radius 3 is 2.38 bits per heavy atom. The molecule has 0 aliphatic carbocycles. The molecule has 0 unspecified atom stereocenters. The van der Waals surface area contributed by atoms with Gasteiger partial charge < -0.3 is 14.5 Å². The minimum atomic E-state index is 0.588. The van der Waals surface area contributed by atoms with Gasteiger partial charge in [-0.1, -0.05) is 0 Å². The van der Waals surface area contributed by atoms with Crippen molar-refractivity contribution in [2.24, 2.45) is 0 Å². The first-order valence-electron chi connectivity index (χ1n) is 4.90. The van der Waals surface area contributed by atoms with Crippen LogP contribution < -0.4 is 9.47 Å². The molecule has 0 saturated heterocycles. The summed E-state index contributed by atoms with van der Waals surface area (Å²) in [7, 11) is 3.17. The zero-order valence-corrected chi connectivity index (χ0v) is 9.46. The molecule has 0 saturated carbocycles. The summed E-state index contributed by atoms with van der Waals surface area (Å²) in [4.78, 5) is 13.8. The molecule has 0 atom stereocenters. The van der Waals surface area contributed by atoms with E-state index >= 15 is 0 Å². The number of hydrogen-bond acceptors (Lipinski definition) is 3. The standard InChI is InChI=1S/C12H13NO3/c1-7-8-4-11(15-2)12(16-3)5-9(8)13-10(7)6-14/h4-6,13H,1-3H3. The lowest BCUT2D eigenvalue weighted by atomic mass is 10.1. The van der Waals surface area contributed by atoms with Gasteiger partial charge in [-0.05, 0) is 18.6 Å². The molecule has 1 N–H and O–H groups in total. The minimum Gasteiger partial charge on any atom is -0.493 e. The molecule has 1 aromatic carbocycles. The first-order valence-corrected chi connectivity index (χ1v) is 4.90. The molecule has 1 aromatic heterocycles. The summed E-state index contributed by atoms with van der Waals surface area (Å²) in [6.07, 6.45) is 0.814. The molecule has 84 valence electrons. The molecule has 2 aromatic rings. The molecule has 0 radical (unpaired) electrons. The van der Waals surface area contributed by atoms with E-state index in [0.29, 0.717) is 17.2 Å². The second-order valence-corrected chi connectivity index (χ2v) is 3.53. The number of ether oxygens (including phenoxy) is 2. The van der Waals surface area contributed by atoms with Crippen LogP contribution in [0.4, 0.5) is 0 Å². The molecule has 0 spiro atoms. The van der Waals surface area contributed by atoms with Crippen molar-refractivity contribution in [1.82, 2.24) is 4.98 Å². The van der Waals surface area contributed by atoms with Gasteiger partial charge in [0.15, 0.2) is 17.8 Å². The first-order chi connectivity index (χ1) is 7.71. The van der Waals surface area contributed by atoms with E-state index in [-0.39, 0.29) is 0 Å². The van der Waals surface area contributed by atoms with E-state index in [1.54, 1.807) is 14.2 Å². The maximum Gasteiger partial charge on any atom is 0.166 e. The fraction of sp³-hybridized carbons (Fsp3) is 0.250. The molecule has 0 amide bonds. The Hall–Kier alpha value is -1.97. The molecule has 4 heteroatoms. The largest absolute Gasteiger partial charge is 0.493 e. The number of H-pyrrole nitrogens is 1. The van der Waals surface area contributed by atoms with Crippen LogP contribution in [-0.2, 0) is 0 Å². The second-order valence-electron chi connectivity index (χ2n) is 3.53. The van der Waals surface area contributed by atoms with Crippen LogP contribution in [0, 0.1) is 6.92 Å². The topological polar surface area (TPSA) is 51.3 Å².